The van der Waals surface area contributed by atoms with Gasteiger partial charge in [-0.05, 0) is 30.7 Å². The fourth-order valence-electron chi connectivity index (χ4n) is 2.82. The van der Waals surface area contributed by atoms with Crippen molar-refractivity contribution in [2.24, 2.45) is 0 Å². The Morgan fingerprint density at radius 2 is 1.81 bits per heavy atom. The van der Waals surface area contributed by atoms with E-state index in [9.17, 15) is 14.4 Å². The zero-order chi connectivity index (χ0) is 18.5. The van der Waals surface area contributed by atoms with Crippen molar-refractivity contribution >= 4 is 23.4 Å². The molecule has 2 heterocycles. The van der Waals surface area contributed by atoms with Crippen LogP contribution in [0.1, 0.15) is 12.5 Å². The van der Waals surface area contributed by atoms with Gasteiger partial charge in [-0.2, -0.15) is 5.10 Å². The van der Waals surface area contributed by atoms with Crippen molar-refractivity contribution in [3.05, 3.63) is 48.3 Å². The maximum Gasteiger partial charge on any atom is 0.312 e. The van der Waals surface area contributed by atoms with Gasteiger partial charge in [-0.1, -0.05) is 12.1 Å². The molecule has 1 aliphatic heterocycles. The number of rotatable bonds is 6. The van der Waals surface area contributed by atoms with Gasteiger partial charge in [0.1, 0.15) is 6.54 Å². The topological polar surface area (TPSA) is 87.5 Å². The fraction of sp³-hybridized carbons (Fsp3) is 0.333. The van der Waals surface area contributed by atoms with Crippen LogP contribution in [0.25, 0.3) is 0 Å². The number of nitrogens with one attached hydrogen (secondary N) is 1. The van der Waals surface area contributed by atoms with E-state index in [1.165, 1.54) is 9.80 Å². The highest BCUT2D eigenvalue weighted by molar-refractivity contribution is 6.35. The quantitative estimate of drug-likeness (QED) is 0.767. The van der Waals surface area contributed by atoms with Gasteiger partial charge in [-0.3, -0.25) is 19.1 Å². The van der Waals surface area contributed by atoms with Crippen LogP contribution < -0.4 is 5.32 Å². The molecule has 1 N–H and O–H groups in total. The lowest BCUT2D eigenvalue weighted by molar-refractivity contribution is -0.156. The van der Waals surface area contributed by atoms with Gasteiger partial charge in [0, 0.05) is 37.7 Å². The molecule has 136 valence electrons. The summed E-state index contributed by atoms with van der Waals surface area (Å²) in [6, 6.07) is 9.29. The van der Waals surface area contributed by atoms with Gasteiger partial charge < -0.3 is 15.1 Å². The molecule has 3 amide bonds. The Morgan fingerprint density at radius 3 is 2.46 bits per heavy atom. The molecule has 0 aliphatic carbocycles. The van der Waals surface area contributed by atoms with Gasteiger partial charge in [-0.15, -0.1) is 0 Å². The van der Waals surface area contributed by atoms with Crippen LogP contribution in [0.4, 0.5) is 5.69 Å². The first-order valence-corrected chi connectivity index (χ1v) is 8.51. The number of piperazine rings is 1. The summed E-state index contributed by atoms with van der Waals surface area (Å²) in [5.74, 6) is -1.49. The summed E-state index contributed by atoms with van der Waals surface area (Å²) >= 11 is 0. The Kier molecular flexibility index (Phi) is 5.31. The van der Waals surface area contributed by atoms with Gasteiger partial charge in [0.2, 0.25) is 5.91 Å². The summed E-state index contributed by atoms with van der Waals surface area (Å²) in [6.45, 7) is 3.67. The smallest absolute Gasteiger partial charge is 0.312 e. The van der Waals surface area contributed by atoms with Crippen molar-refractivity contribution in [2.45, 2.75) is 13.5 Å². The first-order valence-electron chi connectivity index (χ1n) is 8.51. The first kappa shape index (κ1) is 17.7. The number of aromatic nitrogens is 2. The molecule has 0 saturated carbocycles. The Hall–Kier alpha value is -3.16. The average Bonchev–Trinajstić information content (AvgIpc) is 3.14. The Labute approximate surface area is 151 Å². The lowest BCUT2D eigenvalue weighted by Crippen LogP contribution is -2.55. The SMILES string of the molecule is CCN1CCN(CC(=O)Nc2ccc(Cn3cccn3)cc2)C(=O)C1=O. The number of carbonyl (C=O) groups is 3. The molecule has 0 spiro atoms. The monoisotopic (exact) mass is 355 g/mol. The number of benzene rings is 1. The molecule has 0 radical (unpaired) electrons. The van der Waals surface area contributed by atoms with Gasteiger partial charge in [0.25, 0.3) is 0 Å². The molecule has 1 fully saturated rings. The van der Waals surface area contributed by atoms with Gasteiger partial charge >= 0.3 is 11.8 Å². The highest BCUT2D eigenvalue weighted by atomic mass is 16.2. The van der Waals surface area contributed by atoms with E-state index in [1.807, 2.05) is 36.0 Å². The first-order chi connectivity index (χ1) is 12.6. The van der Waals surface area contributed by atoms with Crippen molar-refractivity contribution in [1.29, 1.82) is 0 Å². The number of likely N-dealkylation sites (N-methyl/N-ethyl adjacent to an activating group) is 1. The normalized spacial score (nSPS) is 14.7. The Bertz CT molecular complexity index is 786. The molecule has 0 unspecified atom stereocenters. The maximum atomic E-state index is 12.2. The molecule has 3 rings (SSSR count). The molecule has 1 saturated heterocycles. The highest BCUT2D eigenvalue weighted by Gasteiger charge is 2.32. The number of hydrogen-bond donors (Lipinski definition) is 1. The van der Waals surface area contributed by atoms with E-state index in [0.717, 1.165) is 5.56 Å². The van der Waals surface area contributed by atoms with E-state index >= 15 is 0 Å². The molecular formula is C18H21N5O3. The summed E-state index contributed by atoms with van der Waals surface area (Å²) in [5, 5.41) is 6.91. The van der Waals surface area contributed by atoms with Gasteiger partial charge in [0.15, 0.2) is 0 Å². The lowest BCUT2D eigenvalue weighted by atomic mass is 10.2. The summed E-state index contributed by atoms with van der Waals surface area (Å²) < 4.78 is 1.81. The minimum atomic E-state index is -0.622. The molecular weight excluding hydrogens is 334 g/mol. The van der Waals surface area contributed by atoms with E-state index in [2.05, 4.69) is 10.4 Å². The van der Waals surface area contributed by atoms with E-state index in [4.69, 9.17) is 0 Å². The minimum absolute atomic E-state index is 0.128. The Morgan fingerprint density at radius 1 is 1.12 bits per heavy atom. The van der Waals surface area contributed by atoms with Gasteiger partial charge in [0.05, 0.1) is 6.54 Å². The van der Waals surface area contributed by atoms with Crippen LogP contribution in [0.5, 0.6) is 0 Å². The van der Waals surface area contributed by atoms with Crippen LogP contribution in [0, 0.1) is 0 Å². The number of anilines is 1. The van der Waals surface area contributed by atoms with Crippen LogP contribution in [0.2, 0.25) is 0 Å². The molecule has 26 heavy (non-hydrogen) atoms. The lowest BCUT2D eigenvalue weighted by Gasteiger charge is -2.32. The zero-order valence-electron chi connectivity index (χ0n) is 14.6. The number of hydrogen-bond acceptors (Lipinski definition) is 4. The predicted octanol–water partition coefficient (Wildman–Crippen LogP) is 0.561. The third-order valence-corrected chi connectivity index (χ3v) is 4.25. The van der Waals surface area contributed by atoms with E-state index in [0.29, 0.717) is 31.9 Å². The maximum absolute atomic E-state index is 12.2. The minimum Gasteiger partial charge on any atom is -0.333 e. The summed E-state index contributed by atoms with van der Waals surface area (Å²) in [4.78, 5) is 38.8. The van der Waals surface area contributed by atoms with Crippen molar-refractivity contribution in [3.63, 3.8) is 0 Å². The third kappa shape index (κ3) is 4.08. The number of carbonyl (C=O) groups excluding carboxylic acids is 3. The molecule has 2 aromatic rings. The second kappa shape index (κ2) is 7.81. The molecule has 0 bridgehead atoms. The molecule has 8 nitrogen and oxygen atoms in total. The van der Waals surface area contributed by atoms with Gasteiger partial charge in [-0.25, -0.2) is 0 Å². The Balaban J connectivity index is 1.53. The largest absolute Gasteiger partial charge is 0.333 e. The molecule has 1 aliphatic rings. The molecule has 0 atom stereocenters. The van der Waals surface area contributed by atoms with E-state index < -0.39 is 11.8 Å². The molecule has 8 heteroatoms. The van der Waals surface area contributed by atoms with Crippen LogP contribution in [0.3, 0.4) is 0 Å². The van der Waals surface area contributed by atoms with Crippen molar-refractivity contribution in [3.8, 4) is 0 Å². The summed E-state index contributed by atoms with van der Waals surface area (Å²) in [6.07, 6.45) is 3.60. The van der Waals surface area contributed by atoms with Crippen molar-refractivity contribution in [1.82, 2.24) is 19.6 Å². The second-order valence-corrected chi connectivity index (χ2v) is 6.06. The third-order valence-electron chi connectivity index (χ3n) is 4.25. The second-order valence-electron chi connectivity index (χ2n) is 6.06. The fourth-order valence-corrected chi connectivity index (χ4v) is 2.82. The van der Waals surface area contributed by atoms with Crippen molar-refractivity contribution in [2.75, 3.05) is 31.5 Å². The molecule has 1 aromatic heterocycles. The van der Waals surface area contributed by atoms with Crippen LogP contribution in [0.15, 0.2) is 42.7 Å². The van der Waals surface area contributed by atoms with E-state index in [-0.39, 0.29) is 12.5 Å². The van der Waals surface area contributed by atoms with Crippen molar-refractivity contribution < 1.29 is 14.4 Å². The van der Waals surface area contributed by atoms with Crippen LogP contribution >= 0.6 is 0 Å². The summed E-state index contributed by atoms with van der Waals surface area (Å²) in [5.41, 5.74) is 1.70. The summed E-state index contributed by atoms with van der Waals surface area (Å²) in [7, 11) is 0. The number of amides is 3. The number of nitrogens with zero attached hydrogens (tertiary/aromatic N) is 4. The zero-order valence-corrected chi connectivity index (χ0v) is 14.6. The predicted molar refractivity (Wildman–Crippen MR) is 95.2 cm³/mol. The average molecular weight is 355 g/mol. The standard InChI is InChI=1S/C18H21N5O3/c1-2-21-10-11-22(18(26)17(21)25)13-16(24)20-15-6-4-14(5-7-15)12-23-9-3-8-19-23/h3-9H,2,10-13H2,1H3,(H,20,24). The molecule has 1 aromatic carbocycles. The van der Waals surface area contributed by atoms with E-state index in [1.54, 1.807) is 18.3 Å². The van der Waals surface area contributed by atoms with Crippen LogP contribution in [-0.4, -0.2) is 63.5 Å². The van der Waals surface area contributed by atoms with Crippen LogP contribution in [-0.2, 0) is 20.9 Å². The highest BCUT2D eigenvalue weighted by Crippen LogP contribution is 2.11.